The van der Waals surface area contributed by atoms with Crippen LogP contribution in [-0.2, 0) is 4.74 Å². The third-order valence-electron chi connectivity index (χ3n) is 6.95. The molecule has 2 aromatic heterocycles. The summed E-state index contributed by atoms with van der Waals surface area (Å²) in [6.07, 6.45) is 0.274. The normalized spacial score (nSPS) is 18.4. The van der Waals surface area contributed by atoms with Crippen molar-refractivity contribution < 1.29 is 18.3 Å². The number of nitrogens with zero attached hydrogens (tertiary/aromatic N) is 2. The first kappa shape index (κ1) is 23.4. The maximum absolute atomic E-state index is 16.2. The van der Waals surface area contributed by atoms with E-state index in [0.29, 0.717) is 33.5 Å². The van der Waals surface area contributed by atoms with Crippen LogP contribution < -0.4 is 10.6 Å². The number of ether oxygens (including phenoxy) is 1. The zero-order valence-corrected chi connectivity index (χ0v) is 21.0. The number of hydrogen-bond acceptors (Lipinski definition) is 6. The molecule has 10 heteroatoms. The van der Waals surface area contributed by atoms with E-state index in [1.807, 2.05) is 26.0 Å². The molecule has 1 amide bonds. The Bertz CT molecular complexity index is 1680. The van der Waals surface area contributed by atoms with Crippen LogP contribution in [0.15, 0.2) is 54.7 Å². The average Bonchev–Trinajstić information content (AvgIpc) is 3.51. The van der Waals surface area contributed by atoms with Crippen molar-refractivity contribution in [3.63, 3.8) is 0 Å². The van der Waals surface area contributed by atoms with Gasteiger partial charge in [0.25, 0.3) is 0 Å². The molecule has 0 saturated carbocycles. The zero-order chi connectivity index (χ0) is 25.9. The number of aromatic amines is 1. The summed E-state index contributed by atoms with van der Waals surface area (Å²) in [6, 6.07) is 13.8. The Morgan fingerprint density at radius 1 is 1.14 bits per heavy atom. The van der Waals surface area contributed by atoms with Crippen LogP contribution in [0.4, 0.5) is 25.0 Å². The molecular weight excluding hydrogens is 496 g/mol. The Balaban J connectivity index is 1.36. The van der Waals surface area contributed by atoms with Crippen molar-refractivity contribution in [3.05, 3.63) is 71.9 Å². The molecule has 188 valence electrons. The maximum Gasteiger partial charge on any atom is 0.412 e. The minimum Gasteiger partial charge on any atom is -0.443 e. The molecule has 3 aromatic carbocycles. The SMILES string of the molecule is C[C@H]1c2c(cc(F)c(-c3cccc4cc[nH]c34)c2F)NC(C)(C)[C@@H]1OC(=O)Nc1cccc2nsnc12. The van der Waals surface area contributed by atoms with E-state index < -0.39 is 35.3 Å². The van der Waals surface area contributed by atoms with Crippen LogP contribution >= 0.6 is 11.7 Å². The number of carbonyl (C=O) groups excluding carboxylic acids is 1. The van der Waals surface area contributed by atoms with Crippen molar-refractivity contribution in [2.75, 3.05) is 10.6 Å². The van der Waals surface area contributed by atoms with Crippen molar-refractivity contribution >= 4 is 51.1 Å². The van der Waals surface area contributed by atoms with Crippen LogP contribution in [0.1, 0.15) is 32.3 Å². The molecule has 3 N–H and O–H groups in total. The number of carbonyl (C=O) groups is 1. The van der Waals surface area contributed by atoms with Gasteiger partial charge in [0, 0.05) is 28.9 Å². The van der Waals surface area contributed by atoms with E-state index in [4.69, 9.17) is 4.74 Å². The van der Waals surface area contributed by atoms with Crippen molar-refractivity contribution in [3.8, 4) is 11.1 Å². The van der Waals surface area contributed by atoms with E-state index in [-0.39, 0.29) is 11.1 Å². The number of aromatic nitrogens is 3. The standard InChI is InChI=1S/C27H23F2N5O2S/c1-13-20-19(12-16(28)21(22(20)29)15-7-4-6-14-10-11-30-23(14)15)32-27(2,3)25(13)36-26(35)31-17-8-5-9-18-24(17)34-37-33-18/h4-13,25,30,32H,1-3H3,(H,31,35)/t13-,25+/m0/s1. The Morgan fingerprint density at radius 2 is 1.95 bits per heavy atom. The topological polar surface area (TPSA) is 91.9 Å². The molecule has 5 aromatic rings. The molecule has 0 unspecified atom stereocenters. The lowest BCUT2D eigenvalue weighted by Gasteiger charge is -2.44. The summed E-state index contributed by atoms with van der Waals surface area (Å²) in [6.45, 7) is 5.45. The van der Waals surface area contributed by atoms with Gasteiger partial charge in [-0.3, -0.25) is 5.32 Å². The van der Waals surface area contributed by atoms with Gasteiger partial charge < -0.3 is 15.0 Å². The van der Waals surface area contributed by atoms with Gasteiger partial charge in [0.1, 0.15) is 28.8 Å². The number of H-pyrrole nitrogens is 1. The highest BCUT2D eigenvalue weighted by atomic mass is 32.1. The first-order valence-corrected chi connectivity index (χ1v) is 12.5. The van der Waals surface area contributed by atoms with Crippen LogP contribution in [0.3, 0.4) is 0 Å². The third kappa shape index (κ3) is 3.79. The molecule has 0 bridgehead atoms. The quantitative estimate of drug-likeness (QED) is 0.238. The zero-order valence-electron chi connectivity index (χ0n) is 20.2. The van der Waals surface area contributed by atoms with Crippen molar-refractivity contribution in [1.29, 1.82) is 0 Å². The van der Waals surface area contributed by atoms with Crippen LogP contribution in [0.2, 0.25) is 0 Å². The number of anilines is 2. The predicted octanol–water partition coefficient (Wildman–Crippen LogP) is 7.04. The van der Waals surface area contributed by atoms with Gasteiger partial charge in [-0.15, -0.1) is 0 Å². The molecule has 0 radical (unpaired) electrons. The summed E-state index contributed by atoms with van der Waals surface area (Å²) in [4.78, 5) is 16.1. The molecule has 2 atom stereocenters. The highest BCUT2D eigenvalue weighted by molar-refractivity contribution is 7.00. The van der Waals surface area contributed by atoms with Crippen LogP contribution in [-0.4, -0.2) is 31.5 Å². The van der Waals surface area contributed by atoms with Crippen LogP contribution in [0, 0.1) is 11.6 Å². The number of fused-ring (bicyclic) bond motifs is 3. The number of hydrogen-bond donors (Lipinski definition) is 3. The molecular formula is C27H23F2N5O2S. The maximum atomic E-state index is 16.2. The van der Waals surface area contributed by atoms with Gasteiger partial charge in [-0.2, -0.15) is 8.75 Å². The smallest absolute Gasteiger partial charge is 0.412 e. The van der Waals surface area contributed by atoms with Crippen molar-refractivity contribution in [2.45, 2.75) is 38.3 Å². The molecule has 0 saturated heterocycles. The molecule has 0 aliphatic carbocycles. The fourth-order valence-corrected chi connectivity index (χ4v) is 5.88. The van der Waals surface area contributed by atoms with Crippen LogP contribution in [0.25, 0.3) is 33.1 Å². The second-order valence-electron chi connectivity index (χ2n) is 9.78. The van der Waals surface area contributed by atoms with E-state index in [1.165, 1.54) is 6.07 Å². The van der Waals surface area contributed by atoms with E-state index in [1.54, 1.807) is 43.5 Å². The summed E-state index contributed by atoms with van der Waals surface area (Å²) in [5, 5.41) is 6.78. The first-order valence-electron chi connectivity index (χ1n) is 11.8. The number of halogens is 2. The van der Waals surface area contributed by atoms with Gasteiger partial charge in [0.2, 0.25) is 0 Å². The molecule has 0 spiro atoms. The predicted molar refractivity (Wildman–Crippen MR) is 141 cm³/mol. The van der Waals surface area contributed by atoms with Gasteiger partial charge in [-0.1, -0.05) is 31.2 Å². The minimum atomic E-state index is -0.808. The number of rotatable bonds is 3. The second kappa shape index (κ2) is 8.52. The van der Waals surface area contributed by atoms with E-state index in [2.05, 4.69) is 24.4 Å². The molecule has 37 heavy (non-hydrogen) atoms. The number of para-hydroxylation sites is 1. The van der Waals surface area contributed by atoms with E-state index >= 15 is 8.78 Å². The summed E-state index contributed by atoms with van der Waals surface area (Å²) in [5.41, 5.74) is 2.46. The molecule has 3 heterocycles. The highest BCUT2D eigenvalue weighted by Crippen LogP contribution is 2.46. The highest BCUT2D eigenvalue weighted by Gasteiger charge is 2.45. The Kier molecular flexibility index (Phi) is 5.38. The Hall–Kier alpha value is -4.05. The molecule has 1 aliphatic rings. The van der Waals surface area contributed by atoms with Gasteiger partial charge in [-0.25, -0.2) is 13.6 Å². The number of benzene rings is 3. The van der Waals surface area contributed by atoms with Crippen molar-refractivity contribution in [2.24, 2.45) is 0 Å². The van der Waals surface area contributed by atoms with Gasteiger partial charge in [-0.05, 0) is 43.5 Å². The van der Waals surface area contributed by atoms with Crippen molar-refractivity contribution in [1.82, 2.24) is 13.7 Å². The lowest BCUT2D eigenvalue weighted by Crippen LogP contribution is -2.52. The number of nitrogens with one attached hydrogen (secondary N) is 3. The largest absolute Gasteiger partial charge is 0.443 e. The first-order chi connectivity index (χ1) is 17.7. The van der Waals surface area contributed by atoms with Gasteiger partial charge in [0.15, 0.2) is 0 Å². The molecule has 0 fully saturated rings. The minimum absolute atomic E-state index is 0.119. The second-order valence-corrected chi connectivity index (χ2v) is 10.3. The Morgan fingerprint density at radius 3 is 2.78 bits per heavy atom. The molecule has 6 rings (SSSR count). The van der Waals surface area contributed by atoms with Gasteiger partial charge in [0.05, 0.1) is 34.0 Å². The Labute approximate surface area is 215 Å². The lowest BCUT2D eigenvalue weighted by atomic mass is 9.77. The fraction of sp³-hybridized carbons (Fsp3) is 0.222. The van der Waals surface area contributed by atoms with Crippen LogP contribution in [0.5, 0.6) is 0 Å². The lowest BCUT2D eigenvalue weighted by molar-refractivity contribution is 0.0561. The monoisotopic (exact) mass is 519 g/mol. The summed E-state index contributed by atoms with van der Waals surface area (Å²) < 4.78 is 45.8. The summed E-state index contributed by atoms with van der Waals surface area (Å²) >= 11 is 1.05. The number of amides is 1. The summed E-state index contributed by atoms with van der Waals surface area (Å²) in [7, 11) is 0. The van der Waals surface area contributed by atoms with Gasteiger partial charge >= 0.3 is 6.09 Å². The van der Waals surface area contributed by atoms with E-state index in [0.717, 1.165) is 17.1 Å². The summed E-state index contributed by atoms with van der Waals surface area (Å²) in [5.74, 6) is -1.92. The average molecular weight is 520 g/mol. The molecule has 1 aliphatic heterocycles. The third-order valence-corrected chi connectivity index (χ3v) is 7.49. The molecule has 7 nitrogen and oxygen atoms in total. The van der Waals surface area contributed by atoms with E-state index in [9.17, 15) is 4.79 Å². The fourth-order valence-electron chi connectivity index (χ4n) is 5.33.